The predicted molar refractivity (Wildman–Crippen MR) is 352 cm³/mol. The first kappa shape index (κ1) is 71.2. The van der Waals surface area contributed by atoms with Crippen LogP contribution < -0.4 is 14.2 Å². The Labute approximate surface area is 545 Å². The van der Waals surface area contributed by atoms with Crippen LogP contribution in [-0.2, 0) is 47.7 Å². The zero-order valence-electron chi connectivity index (χ0n) is 58.2. The minimum absolute atomic E-state index is 0.00857. The molecule has 91 heavy (non-hydrogen) atoms. The van der Waals surface area contributed by atoms with Gasteiger partial charge < -0.3 is 43.0 Å². The molecule has 14 heteroatoms. The molecule has 5 unspecified atom stereocenters. The number of rotatable bonds is 21. The molecule has 3 heterocycles. The third kappa shape index (κ3) is 16.3. The van der Waals surface area contributed by atoms with Crippen LogP contribution in [0.1, 0.15) is 263 Å². The number of carbonyl (C=O) groups is 5. The number of aromatic hydroxyl groups is 1. The van der Waals surface area contributed by atoms with E-state index >= 15 is 0 Å². The van der Waals surface area contributed by atoms with Gasteiger partial charge in [0.2, 0.25) is 0 Å². The fraction of sp³-hybridized carbons (Fsp3) is 0.701. The van der Waals surface area contributed by atoms with E-state index in [4.69, 9.17) is 43.0 Å². The van der Waals surface area contributed by atoms with E-state index in [1.165, 1.54) is 76.3 Å². The summed E-state index contributed by atoms with van der Waals surface area (Å²) in [5.74, 6) is 4.03. The summed E-state index contributed by atoms with van der Waals surface area (Å²) in [5, 5.41) is 9.06. The van der Waals surface area contributed by atoms with Crippen LogP contribution in [-0.4, -0.2) is 76.2 Å². The van der Waals surface area contributed by atoms with Crippen molar-refractivity contribution >= 4 is 29.8 Å². The molecule has 6 aliphatic carbocycles. The van der Waals surface area contributed by atoms with Gasteiger partial charge in [-0.05, 0) is 281 Å². The summed E-state index contributed by atoms with van der Waals surface area (Å²) in [7, 11) is 0. The molecule has 9 fully saturated rings. The van der Waals surface area contributed by atoms with Crippen LogP contribution in [0.4, 0.5) is 0 Å². The van der Waals surface area contributed by atoms with E-state index in [0.717, 1.165) is 98.2 Å². The van der Waals surface area contributed by atoms with Crippen molar-refractivity contribution in [3.8, 4) is 23.0 Å². The molecular formula is C77H112O14. The Morgan fingerprint density at radius 1 is 0.527 bits per heavy atom. The molecule has 12 rings (SSSR count). The van der Waals surface area contributed by atoms with Crippen LogP contribution >= 0.6 is 0 Å². The molecule has 1 N–H and O–H groups in total. The maximum Gasteiger partial charge on any atom is 0.316 e. The summed E-state index contributed by atoms with van der Waals surface area (Å²) in [6.45, 7) is 32.1. The fourth-order valence-electron chi connectivity index (χ4n) is 14.9. The van der Waals surface area contributed by atoms with E-state index < -0.39 is 34.6 Å². The lowest BCUT2D eigenvalue weighted by Crippen LogP contribution is -2.58. The number of benzene rings is 3. The molecule has 5 atom stereocenters. The van der Waals surface area contributed by atoms with Crippen LogP contribution in [0, 0.1) is 50.7 Å². The van der Waals surface area contributed by atoms with Crippen molar-refractivity contribution in [2.75, 3.05) is 0 Å². The first-order chi connectivity index (χ1) is 42.8. The number of esters is 5. The number of carbonyl (C=O) groups excluding carboxylic acids is 5. The first-order valence-corrected chi connectivity index (χ1v) is 34.9. The highest BCUT2D eigenvalue weighted by Gasteiger charge is 2.65. The molecule has 6 bridgehead atoms. The van der Waals surface area contributed by atoms with Gasteiger partial charge in [0.25, 0.3) is 0 Å². The van der Waals surface area contributed by atoms with E-state index in [0.29, 0.717) is 18.6 Å². The summed E-state index contributed by atoms with van der Waals surface area (Å²) in [5.41, 5.74) is -0.142. The van der Waals surface area contributed by atoms with Crippen LogP contribution in [0.25, 0.3) is 0 Å². The van der Waals surface area contributed by atoms with E-state index in [-0.39, 0.29) is 81.4 Å². The van der Waals surface area contributed by atoms with Gasteiger partial charge in [-0.1, -0.05) is 65.8 Å². The molecule has 6 saturated carbocycles. The average Bonchev–Trinajstić information content (AvgIpc) is 1.33. The van der Waals surface area contributed by atoms with Crippen molar-refractivity contribution in [1.29, 1.82) is 0 Å². The van der Waals surface area contributed by atoms with E-state index in [1.807, 2.05) is 125 Å². The first-order valence-electron chi connectivity index (χ1n) is 34.9. The number of fused-ring (bicyclic) bond motifs is 1. The average molecular weight is 1260 g/mol. The number of phenols is 1. The van der Waals surface area contributed by atoms with Gasteiger partial charge in [-0.3, -0.25) is 24.0 Å². The predicted octanol–water partition coefficient (Wildman–Crippen LogP) is 17.7. The van der Waals surface area contributed by atoms with Gasteiger partial charge >= 0.3 is 29.8 Å². The molecule has 3 aromatic carbocycles. The molecule has 0 amide bonds. The fourth-order valence-corrected chi connectivity index (χ4v) is 14.9. The smallest absolute Gasteiger partial charge is 0.316 e. The van der Waals surface area contributed by atoms with Gasteiger partial charge in [0.15, 0.2) is 18.3 Å². The zero-order valence-corrected chi connectivity index (χ0v) is 58.2. The van der Waals surface area contributed by atoms with Gasteiger partial charge in [0.1, 0.15) is 45.9 Å². The van der Waals surface area contributed by atoms with Crippen molar-refractivity contribution in [3.05, 3.63) is 83.9 Å². The molecular weight excluding hydrogens is 1150 g/mol. The maximum absolute atomic E-state index is 13.1. The van der Waals surface area contributed by atoms with Gasteiger partial charge in [-0.15, -0.1) is 0 Å². The number of hydrogen-bond donors (Lipinski definition) is 1. The highest BCUT2D eigenvalue weighted by atomic mass is 16.7. The normalized spacial score (nSPS) is 26.5. The third-order valence-electron chi connectivity index (χ3n) is 23.1. The largest absolute Gasteiger partial charge is 0.508 e. The molecule has 0 aromatic heterocycles. The SMILES string of the molecule is CCC(C)(C)C(=O)OC(C)(C)C12CC3CC(CC(C3)C1)C2.CCC(C)(C)C(=O)OC1C2CC3C(=O)OC1C3O2.CCC(C)(C)C(=O)Oc1ccc(O)cc1.CCC1(Oc2ccc(C(OC(=O)C(C)(C)CC)c3ccc(OC4(CC)CCCC4)cc3)cc2)CCCC1. The van der Waals surface area contributed by atoms with Crippen LogP contribution in [0.3, 0.4) is 0 Å². The van der Waals surface area contributed by atoms with Crippen molar-refractivity contribution in [3.63, 3.8) is 0 Å². The standard InChI is InChI=1S/C33H46O4.C19H32O2.C13H18O5.C12H16O3/c1-6-31(4,5)30(34)35-29(25-13-17-27(18-14-25)36-32(7-2)21-9-10-22-32)26-15-19-28(20-16-26)37-33(8-3)23-11-12-24-33;1-6-17(2,3)16(20)21-18(4,5)19-10-13-7-14(11-19)9-15(8-13)12-19;1-4-13(2,3)12(15)18-9-7-5-6-8(16-7)10(9)17-11(6)14;1-4-12(2,3)11(14)15-10-7-5-9(13)6-8-10/h13-20,29H,6-12,21-24H2,1-5H3;13-15H,6-12H2,1-5H3;6-10H,4-5H2,1-3H3;5-8,13H,4H2,1-3H3. The quantitative estimate of drug-likeness (QED) is 0.0605. The summed E-state index contributed by atoms with van der Waals surface area (Å²) in [4.78, 5) is 61.0. The monoisotopic (exact) mass is 1260 g/mol. The molecule has 504 valence electrons. The zero-order chi connectivity index (χ0) is 66.5. The molecule has 3 aromatic rings. The lowest BCUT2D eigenvalue weighted by molar-refractivity contribution is -0.206. The Morgan fingerprint density at radius 2 is 0.934 bits per heavy atom. The van der Waals surface area contributed by atoms with Crippen molar-refractivity contribution in [2.45, 2.75) is 293 Å². The minimum atomic E-state index is -0.545. The Bertz CT molecular complexity index is 2840. The van der Waals surface area contributed by atoms with E-state index in [2.05, 4.69) is 34.6 Å². The van der Waals surface area contributed by atoms with Gasteiger partial charge in [-0.25, -0.2) is 0 Å². The molecule has 14 nitrogen and oxygen atoms in total. The molecule has 3 saturated heterocycles. The van der Waals surface area contributed by atoms with Gasteiger partial charge in [-0.2, -0.15) is 0 Å². The molecule has 9 aliphatic rings. The van der Waals surface area contributed by atoms with Crippen LogP contribution in [0.2, 0.25) is 0 Å². The topological polar surface area (TPSA) is 179 Å². The van der Waals surface area contributed by atoms with Crippen molar-refractivity contribution in [1.82, 2.24) is 0 Å². The lowest BCUT2D eigenvalue weighted by Gasteiger charge is -2.61. The minimum Gasteiger partial charge on any atom is -0.508 e. The summed E-state index contributed by atoms with van der Waals surface area (Å²) in [6, 6.07) is 22.4. The maximum atomic E-state index is 13.1. The molecule has 0 spiro atoms. The van der Waals surface area contributed by atoms with Crippen LogP contribution in [0.5, 0.6) is 23.0 Å². The Balaban J connectivity index is 0.000000168. The summed E-state index contributed by atoms with van der Waals surface area (Å²) in [6.07, 6.45) is 21.5. The van der Waals surface area contributed by atoms with E-state index in [9.17, 15) is 24.0 Å². The second kappa shape index (κ2) is 28.5. The van der Waals surface area contributed by atoms with Gasteiger partial charge in [0.05, 0.1) is 33.7 Å². The second-order valence-electron chi connectivity index (χ2n) is 31.3. The van der Waals surface area contributed by atoms with Crippen molar-refractivity contribution < 1.29 is 67.0 Å². The summed E-state index contributed by atoms with van der Waals surface area (Å²) >= 11 is 0. The number of phenolic OH excluding ortho intramolecular Hbond substituents is 1. The van der Waals surface area contributed by atoms with Crippen molar-refractivity contribution in [2.24, 2.45) is 50.7 Å². The number of hydrogen-bond acceptors (Lipinski definition) is 14. The summed E-state index contributed by atoms with van der Waals surface area (Å²) < 4.78 is 46.9. The molecule has 0 radical (unpaired) electrons. The number of ether oxygens (including phenoxy) is 8. The Morgan fingerprint density at radius 3 is 1.36 bits per heavy atom. The van der Waals surface area contributed by atoms with Crippen LogP contribution in [0.15, 0.2) is 72.8 Å². The molecule has 3 aliphatic heterocycles. The Hall–Kier alpha value is -5.63. The highest BCUT2D eigenvalue weighted by molar-refractivity contribution is 5.80. The van der Waals surface area contributed by atoms with E-state index in [1.54, 1.807) is 12.1 Å². The Kier molecular flexibility index (Phi) is 22.3. The highest BCUT2D eigenvalue weighted by Crippen LogP contribution is 2.64. The van der Waals surface area contributed by atoms with Gasteiger partial charge in [0, 0.05) is 5.41 Å². The third-order valence-corrected chi connectivity index (χ3v) is 23.1. The lowest BCUT2D eigenvalue weighted by atomic mass is 9.46. The second-order valence-corrected chi connectivity index (χ2v) is 31.3.